The zero-order valence-electron chi connectivity index (χ0n) is 11.7. The van der Waals surface area contributed by atoms with E-state index in [-0.39, 0.29) is 5.91 Å². The summed E-state index contributed by atoms with van der Waals surface area (Å²) in [5.41, 5.74) is 2.69. The number of alkyl halides is 1. The highest BCUT2D eigenvalue weighted by molar-refractivity contribution is 9.09. The normalized spacial score (nSPS) is 10.6. The SMILES string of the molecule is Cc1c(C(=O)N(CCBr)Cc2ccccc2)cnn1C. The molecule has 1 heterocycles. The van der Waals surface area contributed by atoms with Crippen LogP contribution in [0.1, 0.15) is 21.6 Å². The molecule has 1 aromatic heterocycles. The molecule has 0 unspecified atom stereocenters. The quantitative estimate of drug-likeness (QED) is 0.788. The van der Waals surface area contributed by atoms with E-state index in [1.807, 2.05) is 49.2 Å². The van der Waals surface area contributed by atoms with Gasteiger partial charge in [0.15, 0.2) is 0 Å². The first-order chi connectivity index (χ1) is 9.63. The van der Waals surface area contributed by atoms with Crippen LogP contribution in [0.2, 0.25) is 0 Å². The zero-order chi connectivity index (χ0) is 14.5. The zero-order valence-corrected chi connectivity index (χ0v) is 13.3. The molecule has 0 saturated carbocycles. The smallest absolute Gasteiger partial charge is 0.257 e. The molecule has 2 rings (SSSR count). The highest BCUT2D eigenvalue weighted by atomic mass is 79.9. The third-order valence-electron chi connectivity index (χ3n) is 3.32. The Balaban J connectivity index is 2.20. The number of aromatic nitrogens is 2. The molecule has 0 atom stereocenters. The van der Waals surface area contributed by atoms with Crippen molar-refractivity contribution in [1.82, 2.24) is 14.7 Å². The first-order valence-corrected chi connectivity index (χ1v) is 7.63. The van der Waals surface area contributed by atoms with Crippen LogP contribution >= 0.6 is 15.9 Å². The number of nitrogens with zero attached hydrogens (tertiary/aromatic N) is 3. The standard InChI is InChI=1S/C15H18BrN3O/c1-12-14(10-17-18(12)2)15(20)19(9-8-16)11-13-6-4-3-5-7-13/h3-7,10H,8-9,11H2,1-2H3. The van der Waals surface area contributed by atoms with E-state index in [9.17, 15) is 4.79 Å². The molecule has 4 nitrogen and oxygen atoms in total. The Morgan fingerprint density at radius 1 is 1.35 bits per heavy atom. The largest absolute Gasteiger partial charge is 0.333 e. The Morgan fingerprint density at radius 2 is 2.05 bits per heavy atom. The minimum absolute atomic E-state index is 0.0268. The van der Waals surface area contributed by atoms with E-state index < -0.39 is 0 Å². The van der Waals surface area contributed by atoms with Crippen molar-refractivity contribution in [1.29, 1.82) is 0 Å². The van der Waals surface area contributed by atoms with Gasteiger partial charge in [0.2, 0.25) is 0 Å². The van der Waals surface area contributed by atoms with E-state index in [1.54, 1.807) is 10.9 Å². The Kier molecular flexibility index (Phi) is 4.95. The predicted molar refractivity (Wildman–Crippen MR) is 82.9 cm³/mol. The highest BCUT2D eigenvalue weighted by Gasteiger charge is 2.19. The number of aryl methyl sites for hydroxylation is 1. The van der Waals surface area contributed by atoms with Crippen LogP contribution in [0, 0.1) is 6.92 Å². The second-order valence-electron chi connectivity index (χ2n) is 4.67. The summed E-state index contributed by atoms with van der Waals surface area (Å²) in [7, 11) is 1.85. The number of carbonyl (C=O) groups excluding carboxylic acids is 1. The van der Waals surface area contributed by atoms with Crippen LogP contribution in [0.25, 0.3) is 0 Å². The van der Waals surface area contributed by atoms with Crippen molar-refractivity contribution in [3.05, 3.63) is 53.3 Å². The number of hydrogen-bond acceptors (Lipinski definition) is 2. The first kappa shape index (κ1) is 14.8. The average molecular weight is 336 g/mol. The van der Waals surface area contributed by atoms with Crippen molar-refractivity contribution in [2.75, 3.05) is 11.9 Å². The summed E-state index contributed by atoms with van der Waals surface area (Å²) in [5, 5.41) is 4.90. The fraction of sp³-hybridized carbons (Fsp3) is 0.333. The van der Waals surface area contributed by atoms with Gasteiger partial charge in [0.1, 0.15) is 0 Å². The third kappa shape index (κ3) is 3.28. The minimum Gasteiger partial charge on any atom is -0.333 e. The van der Waals surface area contributed by atoms with Gasteiger partial charge in [-0.15, -0.1) is 0 Å². The van der Waals surface area contributed by atoms with E-state index in [1.165, 1.54) is 0 Å². The van der Waals surface area contributed by atoms with Crippen LogP contribution in [-0.4, -0.2) is 32.5 Å². The number of rotatable bonds is 5. The topological polar surface area (TPSA) is 38.1 Å². The molecule has 0 aliphatic carbocycles. The summed E-state index contributed by atoms with van der Waals surface area (Å²) in [5.74, 6) is 0.0268. The fourth-order valence-corrected chi connectivity index (χ4v) is 2.47. The van der Waals surface area contributed by atoms with Gasteiger partial charge in [-0.25, -0.2) is 0 Å². The van der Waals surface area contributed by atoms with Crippen molar-refractivity contribution in [3.8, 4) is 0 Å². The van der Waals surface area contributed by atoms with Crippen LogP contribution in [0.4, 0.5) is 0 Å². The molecule has 0 spiro atoms. The lowest BCUT2D eigenvalue weighted by molar-refractivity contribution is 0.0754. The van der Waals surface area contributed by atoms with Crippen molar-refractivity contribution in [3.63, 3.8) is 0 Å². The maximum atomic E-state index is 12.6. The van der Waals surface area contributed by atoms with Gasteiger partial charge in [0.05, 0.1) is 11.8 Å². The summed E-state index contributed by atoms with van der Waals surface area (Å²) >= 11 is 3.41. The van der Waals surface area contributed by atoms with Gasteiger partial charge in [-0.1, -0.05) is 46.3 Å². The first-order valence-electron chi connectivity index (χ1n) is 6.51. The average Bonchev–Trinajstić information content (AvgIpc) is 2.79. The number of halogens is 1. The van der Waals surface area contributed by atoms with Crippen molar-refractivity contribution >= 4 is 21.8 Å². The summed E-state index contributed by atoms with van der Waals surface area (Å²) in [6, 6.07) is 10.0. The molecular weight excluding hydrogens is 318 g/mol. The molecule has 1 aromatic carbocycles. The second kappa shape index (κ2) is 6.70. The Hall–Kier alpha value is -1.62. The lowest BCUT2D eigenvalue weighted by atomic mass is 10.2. The molecule has 0 bridgehead atoms. The number of benzene rings is 1. The van der Waals surface area contributed by atoms with Gasteiger partial charge in [0, 0.05) is 31.2 Å². The number of carbonyl (C=O) groups is 1. The monoisotopic (exact) mass is 335 g/mol. The van der Waals surface area contributed by atoms with Crippen molar-refractivity contribution < 1.29 is 4.79 Å². The third-order valence-corrected chi connectivity index (χ3v) is 3.68. The molecule has 1 amide bonds. The lowest BCUT2D eigenvalue weighted by Crippen LogP contribution is -2.32. The summed E-state index contributed by atoms with van der Waals surface area (Å²) in [4.78, 5) is 14.5. The van der Waals surface area contributed by atoms with Crippen LogP contribution in [0.5, 0.6) is 0 Å². The molecule has 2 aromatic rings. The van der Waals surface area contributed by atoms with E-state index in [4.69, 9.17) is 0 Å². The fourth-order valence-electron chi connectivity index (χ4n) is 2.04. The van der Waals surface area contributed by atoms with Gasteiger partial charge < -0.3 is 4.90 Å². The van der Waals surface area contributed by atoms with Crippen LogP contribution < -0.4 is 0 Å². The van der Waals surface area contributed by atoms with Gasteiger partial charge in [0.25, 0.3) is 5.91 Å². The van der Waals surface area contributed by atoms with E-state index in [0.717, 1.165) is 16.6 Å². The summed E-state index contributed by atoms with van der Waals surface area (Å²) in [6.07, 6.45) is 1.64. The molecule has 20 heavy (non-hydrogen) atoms. The van der Waals surface area contributed by atoms with E-state index >= 15 is 0 Å². The molecular formula is C15H18BrN3O. The number of amides is 1. The Labute approximate surface area is 127 Å². The molecule has 5 heteroatoms. The molecule has 0 fully saturated rings. The van der Waals surface area contributed by atoms with Crippen molar-refractivity contribution in [2.24, 2.45) is 7.05 Å². The molecule has 0 aliphatic rings. The summed E-state index contributed by atoms with van der Waals surface area (Å²) < 4.78 is 1.72. The molecule has 106 valence electrons. The maximum Gasteiger partial charge on any atom is 0.257 e. The van der Waals surface area contributed by atoms with Gasteiger partial charge in [-0.2, -0.15) is 5.10 Å². The van der Waals surface area contributed by atoms with Crippen LogP contribution in [0.15, 0.2) is 36.5 Å². The number of hydrogen-bond donors (Lipinski definition) is 0. The van der Waals surface area contributed by atoms with E-state index in [2.05, 4.69) is 21.0 Å². The van der Waals surface area contributed by atoms with Crippen LogP contribution in [-0.2, 0) is 13.6 Å². The van der Waals surface area contributed by atoms with Crippen molar-refractivity contribution in [2.45, 2.75) is 13.5 Å². The molecule has 0 N–H and O–H groups in total. The molecule has 0 aliphatic heterocycles. The second-order valence-corrected chi connectivity index (χ2v) is 5.46. The van der Waals surface area contributed by atoms with Gasteiger partial charge in [-0.3, -0.25) is 9.48 Å². The Morgan fingerprint density at radius 3 is 2.60 bits per heavy atom. The summed E-state index contributed by atoms with van der Waals surface area (Å²) in [6.45, 7) is 3.19. The minimum atomic E-state index is 0.0268. The predicted octanol–water partition coefficient (Wildman–Crippen LogP) is 2.77. The molecule has 0 saturated heterocycles. The van der Waals surface area contributed by atoms with Gasteiger partial charge >= 0.3 is 0 Å². The van der Waals surface area contributed by atoms with Gasteiger partial charge in [-0.05, 0) is 12.5 Å². The lowest BCUT2D eigenvalue weighted by Gasteiger charge is -2.21. The Bertz CT molecular complexity index is 580. The highest BCUT2D eigenvalue weighted by Crippen LogP contribution is 2.13. The maximum absolute atomic E-state index is 12.6. The van der Waals surface area contributed by atoms with E-state index in [0.29, 0.717) is 18.7 Å². The van der Waals surface area contributed by atoms with Crippen LogP contribution in [0.3, 0.4) is 0 Å². The molecule has 0 radical (unpaired) electrons.